The molecule has 0 bridgehead atoms. The van der Waals surface area contributed by atoms with E-state index in [0.717, 1.165) is 11.1 Å². The van der Waals surface area contributed by atoms with Crippen LogP contribution in [0.3, 0.4) is 0 Å². The van der Waals surface area contributed by atoms with Gasteiger partial charge in [-0.05, 0) is 28.8 Å². The third-order valence-corrected chi connectivity index (χ3v) is 5.44. The topological polar surface area (TPSA) is 46.5 Å². The highest BCUT2D eigenvalue weighted by Gasteiger charge is 2.56. The van der Waals surface area contributed by atoms with Gasteiger partial charge in [0.1, 0.15) is 6.10 Å². The molecule has 1 saturated heterocycles. The van der Waals surface area contributed by atoms with Crippen molar-refractivity contribution in [2.45, 2.75) is 24.0 Å². The molecule has 0 amide bonds. The Kier molecular flexibility index (Phi) is 4.73. The molecular weight excluding hydrogens is 360 g/mol. The highest BCUT2D eigenvalue weighted by Crippen LogP contribution is 2.54. The lowest BCUT2D eigenvalue weighted by molar-refractivity contribution is -0.162. The van der Waals surface area contributed by atoms with Gasteiger partial charge in [0.2, 0.25) is 0 Å². The SMILES string of the molecule is O=C1C[C@@H](c2ccc(Cl)cc2)[C@](c2ccccc2)(C(O)c2ccccc2)O1. The first-order chi connectivity index (χ1) is 13.1. The van der Waals surface area contributed by atoms with E-state index in [1.807, 2.05) is 72.8 Å². The van der Waals surface area contributed by atoms with Crippen LogP contribution in [0.2, 0.25) is 5.02 Å². The quantitative estimate of drug-likeness (QED) is 0.650. The minimum absolute atomic E-state index is 0.195. The fourth-order valence-electron chi connectivity index (χ4n) is 3.93. The number of rotatable bonds is 4. The van der Waals surface area contributed by atoms with Gasteiger partial charge in [-0.1, -0.05) is 84.4 Å². The lowest BCUT2D eigenvalue weighted by atomic mass is 9.72. The van der Waals surface area contributed by atoms with E-state index in [9.17, 15) is 9.90 Å². The van der Waals surface area contributed by atoms with Crippen LogP contribution in [-0.2, 0) is 15.1 Å². The van der Waals surface area contributed by atoms with Gasteiger partial charge in [-0.15, -0.1) is 0 Å². The van der Waals surface area contributed by atoms with Gasteiger partial charge in [-0.25, -0.2) is 0 Å². The summed E-state index contributed by atoms with van der Waals surface area (Å²) in [5.41, 5.74) is 1.18. The lowest BCUT2D eigenvalue weighted by Crippen LogP contribution is -2.38. The number of hydrogen-bond donors (Lipinski definition) is 1. The molecule has 1 aliphatic heterocycles. The molecule has 4 rings (SSSR count). The van der Waals surface area contributed by atoms with Gasteiger partial charge in [-0.3, -0.25) is 4.79 Å². The largest absolute Gasteiger partial charge is 0.450 e. The van der Waals surface area contributed by atoms with Gasteiger partial charge in [0, 0.05) is 10.9 Å². The number of benzene rings is 3. The number of ether oxygens (including phenoxy) is 1. The molecule has 27 heavy (non-hydrogen) atoms. The van der Waals surface area contributed by atoms with Gasteiger partial charge >= 0.3 is 5.97 Å². The third-order valence-electron chi connectivity index (χ3n) is 5.19. The van der Waals surface area contributed by atoms with E-state index in [1.54, 1.807) is 12.1 Å². The van der Waals surface area contributed by atoms with Gasteiger partial charge in [-0.2, -0.15) is 0 Å². The number of aliphatic hydroxyl groups is 1. The Morgan fingerprint density at radius 2 is 1.52 bits per heavy atom. The van der Waals surface area contributed by atoms with Crippen LogP contribution in [0, 0.1) is 0 Å². The molecule has 1 fully saturated rings. The summed E-state index contributed by atoms with van der Waals surface area (Å²) in [6, 6.07) is 26.2. The second kappa shape index (κ2) is 7.18. The zero-order chi connectivity index (χ0) is 18.9. The van der Waals surface area contributed by atoms with Crippen molar-refractivity contribution in [3.05, 3.63) is 107 Å². The van der Waals surface area contributed by atoms with Crippen molar-refractivity contribution in [3.63, 3.8) is 0 Å². The summed E-state index contributed by atoms with van der Waals surface area (Å²) in [6.07, 6.45) is -0.811. The maximum atomic E-state index is 12.5. The lowest BCUT2D eigenvalue weighted by Gasteiger charge is -2.38. The second-order valence-electron chi connectivity index (χ2n) is 6.75. The number of aliphatic hydroxyl groups excluding tert-OH is 1. The van der Waals surface area contributed by atoms with Crippen molar-refractivity contribution in [1.82, 2.24) is 0 Å². The normalized spacial score (nSPS) is 23.0. The third kappa shape index (κ3) is 3.14. The van der Waals surface area contributed by atoms with Gasteiger partial charge < -0.3 is 9.84 Å². The van der Waals surface area contributed by atoms with Crippen LogP contribution in [-0.4, -0.2) is 11.1 Å². The van der Waals surface area contributed by atoms with Crippen LogP contribution in [0.25, 0.3) is 0 Å². The fourth-order valence-corrected chi connectivity index (χ4v) is 4.05. The molecule has 0 saturated carbocycles. The molecule has 1 heterocycles. The number of halogens is 1. The van der Waals surface area contributed by atoms with E-state index in [2.05, 4.69) is 0 Å². The molecule has 0 radical (unpaired) electrons. The summed E-state index contributed by atoms with van der Waals surface area (Å²) >= 11 is 6.05. The Bertz CT molecular complexity index is 925. The van der Waals surface area contributed by atoms with Gasteiger partial charge in [0.05, 0.1) is 6.42 Å². The first-order valence-corrected chi connectivity index (χ1v) is 9.25. The number of esters is 1. The summed E-state index contributed by atoms with van der Waals surface area (Å²) in [4.78, 5) is 12.5. The van der Waals surface area contributed by atoms with Crippen LogP contribution in [0.5, 0.6) is 0 Å². The predicted octanol–water partition coefficient (Wildman–Crippen LogP) is 5.00. The number of carbonyl (C=O) groups excluding carboxylic acids is 1. The monoisotopic (exact) mass is 378 g/mol. The van der Waals surface area contributed by atoms with Crippen molar-refractivity contribution in [2.24, 2.45) is 0 Å². The first-order valence-electron chi connectivity index (χ1n) is 8.87. The summed E-state index contributed by atoms with van der Waals surface area (Å²) in [5, 5.41) is 12.0. The molecule has 1 unspecified atom stereocenters. The Morgan fingerprint density at radius 3 is 2.15 bits per heavy atom. The van der Waals surface area contributed by atoms with Gasteiger partial charge in [0.25, 0.3) is 0 Å². The highest BCUT2D eigenvalue weighted by atomic mass is 35.5. The summed E-state index contributed by atoms with van der Waals surface area (Å²) in [6.45, 7) is 0. The molecule has 136 valence electrons. The average Bonchev–Trinajstić information content (AvgIpc) is 3.07. The maximum absolute atomic E-state index is 12.5. The predicted molar refractivity (Wildman–Crippen MR) is 104 cm³/mol. The van der Waals surface area contributed by atoms with Crippen LogP contribution < -0.4 is 0 Å². The zero-order valence-electron chi connectivity index (χ0n) is 14.6. The summed E-state index contributed by atoms with van der Waals surface area (Å²) in [5.74, 6) is -0.659. The van der Waals surface area contributed by atoms with Crippen LogP contribution >= 0.6 is 11.6 Å². The van der Waals surface area contributed by atoms with E-state index in [0.29, 0.717) is 10.6 Å². The molecule has 1 aliphatic rings. The van der Waals surface area contributed by atoms with Crippen LogP contribution in [0.15, 0.2) is 84.9 Å². The van der Waals surface area contributed by atoms with Crippen molar-refractivity contribution in [2.75, 3.05) is 0 Å². The van der Waals surface area contributed by atoms with E-state index >= 15 is 0 Å². The average molecular weight is 379 g/mol. The number of hydrogen-bond acceptors (Lipinski definition) is 3. The van der Waals surface area contributed by atoms with Crippen molar-refractivity contribution >= 4 is 17.6 Å². The van der Waals surface area contributed by atoms with Crippen molar-refractivity contribution < 1.29 is 14.6 Å². The Hall–Kier alpha value is -2.62. The molecule has 0 spiro atoms. The highest BCUT2D eigenvalue weighted by molar-refractivity contribution is 6.30. The molecule has 4 heteroatoms. The number of carbonyl (C=O) groups is 1. The van der Waals surface area contributed by atoms with E-state index in [1.165, 1.54) is 0 Å². The maximum Gasteiger partial charge on any atom is 0.307 e. The molecule has 3 nitrogen and oxygen atoms in total. The van der Waals surface area contributed by atoms with E-state index in [4.69, 9.17) is 16.3 Å². The molecule has 3 aromatic rings. The molecule has 3 aromatic carbocycles. The fraction of sp³-hybridized carbons (Fsp3) is 0.174. The van der Waals surface area contributed by atoms with Crippen molar-refractivity contribution in [3.8, 4) is 0 Å². The van der Waals surface area contributed by atoms with Crippen LogP contribution in [0.4, 0.5) is 0 Å². The Labute approximate surface area is 163 Å². The number of cyclic esters (lactones) is 1. The second-order valence-corrected chi connectivity index (χ2v) is 7.19. The van der Waals surface area contributed by atoms with Gasteiger partial charge in [0.15, 0.2) is 5.60 Å². The van der Waals surface area contributed by atoms with E-state index in [-0.39, 0.29) is 18.3 Å². The zero-order valence-corrected chi connectivity index (χ0v) is 15.3. The minimum atomic E-state index is -1.20. The molecule has 1 N–H and O–H groups in total. The summed E-state index contributed by atoms with van der Waals surface area (Å²) in [7, 11) is 0. The summed E-state index contributed by atoms with van der Waals surface area (Å²) < 4.78 is 5.93. The minimum Gasteiger partial charge on any atom is -0.450 e. The Morgan fingerprint density at radius 1 is 0.926 bits per heavy atom. The molecular formula is C23H19ClO3. The molecule has 0 aliphatic carbocycles. The molecule has 3 atom stereocenters. The molecule has 0 aromatic heterocycles. The standard InChI is InChI=1S/C23H19ClO3/c24-19-13-11-16(12-14-19)20-15-21(25)27-23(20,18-9-5-2-6-10-18)22(26)17-7-3-1-4-8-17/h1-14,20,22,26H,15H2/t20-,22?,23+/m0/s1. The first kappa shape index (κ1) is 17.8. The smallest absolute Gasteiger partial charge is 0.307 e. The Balaban J connectivity index is 1.91. The van der Waals surface area contributed by atoms with Crippen LogP contribution in [0.1, 0.15) is 35.1 Å². The van der Waals surface area contributed by atoms with E-state index < -0.39 is 11.7 Å². The van der Waals surface area contributed by atoms with Crippen molar-refractivity contribution in [1.29, 1.82) is 0 Å².